The first kappa shape index (κ1) is 24.2. The third kappa shape index (κ3) is 3.50. The summed E-state index contributed by atoms with van der Waals surface area (Å²) in [5.41, 5.74) is -3.18. The average Bonchev–Trinajstić information content (AvgIpc) is 2.83. The summed E-state index contributed by atoms with van der Waals surface area (Å²) in [6, 6.07) is 0. The molecule has 0 atom stereocenters. The van der Waals surface area contributed by atoms with E-state index in [1.165, 1.54) is 0 Å². The van der Waals surface area contributed by atoms with Gasteiger partial charge in [-0.1, -0.05) is 0 Å². The summed E-state index contributed by atoms with van der Waals surface area (Å²) < 4.78 is 175. The van der Waals surface area contributed by atoms with Crippen LogP contribution < -0.4 is 9.47 Å². The SMILES string of the molecule is Fc1nc2c(F)c(F)c(F)c(F)c2c(OCOc2c(F)c(F)nc3c(F)c(F)c(F)c(F)c23)c1F. The number of halogens is 12. The van der Waals surface area contributed by atoms with Gasteiger partial charge in [0.15, 0.2) is 58.0 Å². The fourth-order valence-corrected chi connectivity index (χ4v) is 2.98. The fraction of sp³-hybridized carbons (Fsp3) is 0.0526. The van der Waals surface area contributed by atoms with Crippen LogP contribution in [0.3, 0.4) is 0 Å². The highest BCUT2D eigenvalue weighted by Gasteiger charge is 2.31. The highest BCUT2D eigenvalue weighted by molar-refractivity contribution is 5.87. The zero-order valence-corrected chi connectivity index (χ0v) is 16.0. The van der Waals surface area contributed by atoms with Gasteiger partial charge in [-0.3, -0.25) is 0 Å². The summed E-state index contributed by atoms with van der Waals surface area (Å²) in [5.74, 6) is -31.3. The van der Waals surface area contributed by atoms with Crippen molar-refractivity contribution in [2.24, 2.45) is 0 Å². The third-order valence-electron chi connectivity index (χ3n) is 4.53. The fourth-order valence-electron chi connectivity index (χ4n) is 2.98. The lowest BCUT2D eigenvalue weighted by Gasteiger charge is -2.15. The maximum atomic E-state index is 14.1. The summed E-state index contributed by atoms with van der Waals surface area (Å²) in [4.78, 5) is 5.20. The van der Waals surface area contributed by atoms with Gasteiger partial charge in [-0.2, -0.15) is 17.6 Å². The number of pyridine rings is 2. The molecule has 4 aromatic rings. The number of rotatable bonds is 4. The lowest BCUT2D eigenvalue weighted by Crippen LogP contribution is -2.13. The van der Waals surface area contributed by atoms with Crippen LogP contribution in [0.5, 0.6) is 11.5 Å². The molecule has 0 saturated heterocycles. The summed E-state index contributed by atoms with van der Waals surface area (Å²) >= 11 is 0. The number of hydrogen-bond acceptors (Lipinski definition) is 4. The van der Waals surface area contributed by atoms with Crippen molar-refractivity contribution in [2.75, 3.05) is 6.79 Å². The Hall–Kier alpha value is -3.98. The van der Waals surface area contributed by atoms with Crippen molar-refractivity contribution >= 4 is 21.8 Å². The van der Waals surface area contributed by atoms with Crippen LogP contribution in [0, 0.1) is 70.1 Å². The molecule has 0 saturated carbocycles. The van der Waals surface area contributed by atoms with E-state index in [4.69, 9.17) is 0 Å². The number of nitrogens with zero attached hydrogens (tertiary/aromatic N) is 2. The molecule has 35 heavy (non-hydrogen) atoms. The van der Waals surface area contributed by atoms with E-state index in [0.717, 1.165) is 0 Å². The Balaban J connectivity index is 1.83. The van der Waals surface area contributed by atoms with Gasteiger partial charge < -0.3 is 9.47 Å². The molecule has 0 aliphatic carbocycles. The van der Waals surface area contributed by atoms with Crippen LogP contribution >= 0.6 is 0 Å². The molecule has 2 aromatic carbocycles. The van der Waals surface area contributed by atoms with Crippen LogP contribution in [0.15, 0.2) is 0 Å². The van der Waals surface area contributed by atoms with Gasteiger partial charge in [0.1, 0.15) is 11.0 Å². The van der Waals surface area contributed by atoms with Gasteiger partial charge in [0.05, 0.1) is 10.8 Å². The molecule has 16 heteroatoms. The Morgan fingerprint density at radius 2 is 0.714 bits per heavy atom. The van der Waals surface area contributed by atoms with Gasteiger partial charge in [0.25, 0.3) is 11.9 Å². The van der Waals surface area contributed by atoms with Gasteiger partial charge in [-0.25, -0.2) is 45.1 Å². The lowest BCUT2D eigenvalue weighted by molar-refractivity contribution is 0.111. The second kappa shape index (κ2) is 8.35. The second-order valence-corrected chi connectivity index (χ2v) is 6.46. The van der Waals surface area contributed by atoms with Crippen molar-refractivity contribution in [1.82, 2.24) is 9.97 Å². The highest BCUT2D eigenvalue weighted by Crippen LogP contribution is 2.37. The molecule has 4 rings (SSSR count). The normalized spacial score (nSPS) is 11.5. The minimum Gasteiger partial charge on any atom is -0.453 e. The second-order valence-electron chi connectivity index (χ2n) is 6.46. The molecule has 2 heterocycles. The van der Waals surface area contributed by atoms with Crippen LogP contribution in [0.1, 0.15) is 0 Å². The largest absolute Gasteiger partial charge is 0.453 e. The van der Waals surface area contributed by atoms with Crippen molar-refractivity contribution in [2.45, 2.75) is 0 Å². The van der Waals surface area contributed by atoms with E-state index in [9.17, 15) is 52.7 Å². The maximum absolute atomic E-state index is 14.1. The molecule has 0 amide bonds. The van der Waals surface area contributed by atoms with E-state index in [-0.39, 0.29) is 0 Å². The molecule has 4 nitrogen and oxygen atoms in total. The summed E-state index contributed by atoms with van der Waals surface area (Å²) in [6.45, 7) is -1.70. The van der Waals surface area contributed by atoms with E-state index < -0.39 is 110 Å². The van der Waals surface area contributed by atoms with Gasteiger partial charge in [-0.05, 0) is 0 Å². The molecule has 0 radical (unpaired) electrons. The van der Waals surface area contributed by atoms with Gasteiger partial charge in [-0.15, -0.1) is 0 Å². The standard InChI is InChI=1S/C19H2F12N2O2/c20-4-2-14(10(26)8(24)6(4)22)32-18(30)12(28)16(2)34-1-35-17-3-5(21)7(23)9(25)11(27)15(3)33-19(31)13(17)29/h1H2. The number of benzene rings is 2. The summed E-state index contributed by atoms with van der Waals surface area (Å²) in [5, 5.41) is -3.19. The Kier molecular flexibility index (Phi) is 5.76. The van der Waals surface area contributed by atoms with Crippen LogP contribution in [0.4, 0.5) is 52.7 Å². The van der Waals surface area contributed by atoms with Gasteiger partial charge in [0.2, 0.25) is 18.4 Å². The van der Waals surface area contributed by atoms with Crippen molar-refractivity contribution in [1.29, 1.82) is 0 Å². The van der Waals surface area contributed by atoms with E-state index >= 15 is 0 Å². The minimum atomic E-state index is -2.49. The van der Waals surface area contributed by atoms with Crippen molar-refractivity contribution < 1.29 is 62.2 Å². The molecule has 0 aliphatic heterocycles. The van der Waals surface area contributed by atoms with E-state index in [1.807, 2.05) is 0 Å². The Labute approximate surface area is 183 Å². The van der Waals surface area contributed by atoms with Crippen LogP contribution in [0.25, 0.3) is 21.8 Å². The van der Waals surface area contributed by atoms with Crippen molar-refractivity contribution in [3.05, 3.63) is 70.1 Å². The Morgan fingerprint density at radius 1 is 0.400 bits per heavy atom. The van der Waals surface area contributed by atoms with Crippen molar-refractivity contribution in [3.8, 4) is 11.5 Å². The molecule has 0 fully saturated rings. The zero-order chi connectivity index (χ0) is 25.9. The molecular formula is C19H2F12N2O2. The first-order chi connectivity index (χ1) is 16.4. The molecule has 0 unspecified atom stereocenters. The number of fused-ring (bicyclic) bond motifs is 2. The maximum Gasteiger partial charge on any atom is 0.253 e. The minimum absolute atomic E-state index is 1.59. The molecule has 0 spiro atoms. The first-order valence-corrected chi connectivity index (χ1v) is 8.65. The number of ether oxygens (including phenoxy) is 2. The molecule has 0 N–H and O–H groups in total. The first-order valence-electron chi connectivity index (χ1n) is 8.65. The molecule has 0 bridgehead atoms. The van der Waals surface area contributed by atoms with E-state index in [1.54, 1.807) is 0 Å². The number of aromatic nitrogens is 2. The summed E-state index contributed by atoms with van der Waals surface area (Å²) in [6.07, 6.45) is 0. The molecule has 0 aliphatic rings. The summed E-state index contributed by atoms with van der Waals surface area (Å²) in [7, 11) is 0. The zero-order valence-electron chi connectivity index (χ0n) is 16.0. The van der Waals surface area contributed by atoms with Crippen LogP contribution in [-0.4, -0.2) is 16.8 Å². The predicted molar refractivity (Wildman–Crippen MR) is 89.1 cm³/mol. The molecule has 184 valence electrons. The van der Waals surface area contributed by atoms with Crippen LogP contribution in [0.2, 0.25) is 0 Å². The van der Waals surface area contributed by atoms with Gasteiger partial charge >= 0.3 is 0 Å². The topological polar surface area (TPSA) is 44.2 Å². The van der Waals surface area contributed by atoms with Crippen LogP contribution in [-0.2, 0) is 0 Å². The third-order valence-corrected chi connectivity index (χ3v) is 4.53. The van der Waals surface area contributed by atoms with Gasteiger partial charge in [0, 0.05) is 0 Å². The Morgan fingerprint density at radius 3 is 1.06 bits per heavy atom. The quantitative estimate of drug-likeness (QED) is 0.112. The lowest BCUT2D eigenvalue weighted by atomic mass is 10.1. The molecular weight excluding hydrogens is 516 g/mol. The highest BCUT2D eigenvalue weighted by atomic mass is 19.2. The average molecular weight is 518 g/mol. The number of hydrogen-bond donors (Lipinski definition) is 0. The predicted octanol–water partition coefficient (Wildman–Crippen LogP) is 5.87. The van der Waals surface area contributed by atoms with E-state index in [2.05, 4.69) is 19.4 Å². The van der Waals surface area contributed by atoms with Crippen molar-refractivity contribution in [3.63, 3.8) is 0 Å². The van der Waals surface area contributed by atoms with E-state index in [0.29, 0.717) is 0 Å². The monoisotopic (exact) mass is 518 g/mol. The smallest absolute Gasteiger partial charge is 0.253 e. The molecule has 2 aromatic heterocycles. The Bertz CT molecular complexity index is 1450.